The van der Waals surface area contributed by atoms with Crippen molar-refractivity contribution >= 4 is 5.97 Å². The van der Waals surface area contributed by atoms with Crippen molar-refractivity contribution in [3.05, 3.63) is 12.2 Å². The molecule has 1 atom stereocenters. The van der Waals surface area contributed by atoms with E-state index in [1.165, 1.54) is 0 Å². The normalized spacial score (nSPS) is 11.6. The van der Waals surface area contributed by atoms with Gasteiger partial charge in [0.1, 0.15) is 0 Å². The Hall–Kier alpha value is -1.27. The third kappa shape index (κ3) is 4.18. The van der Waals surface area contributed by atoms with Crippen LogP contribution < -0.4 is 5.73 Å². The van der Waals surface area contributed by atoms with E-state index < -0.39 is 12.0 Å². The van der Waals surface area contributed by atoms with E-state index in [9.17, 15) is 4.79 Å². The van der Waals surface area contributed by atoms with Crippen LogP contribution in [0.25, 0.3) is 0 Å². The van der Waals surface area contributed by atoms with E-state index in [2.05, 4.69) is 12.5 Å². The van der Waals surface area contributed by atoms with E-state index >= 15 is 0 Å². The zero-order valence-corrected chi connectivity index (χ0v) is 6.21. The molecule has 0 aliphatic heterocycles. The highest BCUT2D eigenvalue weighted by molar-refractivity contribution is 5.66. The van der Waals surface area contributed by atoms with Gasteiger partial charge in [-0.25, -0.2) is 0 Å². The SMILES string of the molecule is C#CC(=C)C(N)CCC(=O)O. The highest BCUT2D eigenvalue weighted by atomic mass is 16.4. The molecule has 0 bridgehead atoms. The van der Waals surface area contributed by atoms with Crippen LogP contribution in [-0.4, -0.2) is 17.1 Å². The van der Waals surface area contributed by atoms with Gasteiger partial charge in [-0.15, -0.1) is 6.42 Å². The summed E-state index contributed by atoms with van der Waals surface area (Å²) in [6, 6.07) is -0.393. The second kappa shape index (κ2) is 4.53. The van der Waals surface area contributed by atoms with Crippen LogP contribution in [0.5, 0.6) is 0 Å². The average molecular weight is 153 g/mol. The molecule has 3 nitrogen and oxygen atoms in total. The van der Waals surface area contributed by atoms with E-state index in [-0.39, 0.29) is 6.42 Å². The summed E-state index contributed by atoms with van der Waals surface area (Å²) in [5.41, 5.74) is 5.92. The van der Waals surface area contributed by atoms with Crippen LogP contribution in [-0.2, 0) is 4.79 Å². The summed E-state index contributed by atoms with van der Waals surface area (Å²) in [5, 5.41) is 8.28. The predicted molar refractivity (Wildman–Crippen MR) is 42.8 cm³/mol. The molecular weight excluding hydrogens is 142 g/mol. The van der Waals surface area contributed by atoms with Crippen LogP contribution in [0.3, 0.4) is 0 Å². The molecule has 0 amide bonds. The van der Waals surface area contributed by atoms with Gasteiger partial charge >= 0.3 is 5.97 Å². The van der Waals surface area contributed by atoms with Crippen LogP contribution in [0.4, 0.5) is 0 Å². The molecular formula is C8H11NO2. The summed E-state index contributed by atoms with van der Waals surface area (Å²) in [6.07, 6.45) is 5.38. The molecule has 0 heterocycles. The highest BCUT2D eigenvalue weighted by Gasteiger charge is 2.06. The zero-order valence-electron chi connectivity index (χ0n) is 6.21. The van der Waals surface area contributed by atoms with Crippen molar-refractivity contribution in [1.82, 2.24) is 0 Å². The van der Waals surface area contributed by atoms with Crippen molar-refractivity contribution in [1.29, 1.82) is 0 Å². The first-order valence-corrected chi connectivity index (χ1v) is 3.20. The monoisotopic (exact) mass is 153 g/mol. The maximum Gasteiger partial charge on any atom is 0.303 e. The van der Waals surface area contributed by atoms with Crippen LogP contribution >= 0.6 is 0 Å². The number of carboxylic acids is 1. The molecule has 0 rings (SSSR count). The topological polar surface area (TPSA) is 63.3 Å². The molecule has 0 aromatic carbocycles. The van der Waals surface area contributed by atoms with Crippen LogP contribution in [0.2, 0.25) is 0 Å². The molecule has 0 aliphatic carbocycles. The molecule has 0 fully saturated rings. The fourth-order valence-corrected chi connectivity index (χ4v) is 0.560. The zero-order chi connectivity index (χ0) is 8.85. The number of rotatable bonds is 4. The van der Waals surface area contributed by atoms with Gasteiger partial charge < -0.3 is 10.8 Å². The van der Waals surface area contributed by atoms with Crippen LogP contribution in [0.1, 0.15) is 12.8 Å². The van der Waals surface area contributed by atoms with E-state index in [4.69, 9.17) is 17.3 Å². The lowest BCUT2D eigenvalue weighted by atomic mass is 10.1. The lowest BCUT2D eigenvalue weighted by molar-refractivity contribution is -0.137. The van der Waals surface area contributed by atoms with E-state index in [1.807, 2.05) is 0 Å². The van der Waals surface area contributed by atoms with Crippen molar-refractivity contribution in [2.45, 2.75) is 18.9 Å². The van der Waals surface area contributed by atoms with Crippen molar-refractivity contribution in [2.24, 2.45) is 5.73 Å². The molecule has 0 radical (unpaired) electrons. The smallest absolute Gasteiger partial charge is 0.303 e. The van der Waals surface area contributed by atoms with Gasteiger partial charge in [-0.3, -0.25) is 4.79 Å². The number of hydrogen-bond donors (Lipinski definition) is 2. The number of carbonyl (C=O) groups is 1. The minimum atomic E-state index is -0.870. The Morgan fingerprint density at radius 2 is 2.36 bits per heavy atom. The molecule has 0 spiro atoms. The summed E-state index contributed by atoms with van der Waals surface area (Å²) in [5.74, 6) is 1.41. The van der Waals surface area contributed by atoms with Gasteiger partial charge in [0.2, 0.25) is 0 Å². The second-order valence-corrected chi connectivity index (χ2v) is 2.21. The Balaban J connectivity index is 3.71. The van der Waals surface area contributed by atoms with Gasteiger partial charge in [0.15, 0.2) is 0 Å². The molecule has 0 saturated heterocycles. The van der Waals surface area contributed by atoms with E-state index in [0.29, 0.717) is 12.0 Å². The summed E-state index contributed by atoms with van der Waals surface area (Å²) >= 11 is 0. The lowest BCUT2D eigenvalue weighted by Gasteiger charge is -2.06. The molecule has 0 aliphatic rings. The minimum absolute atomic E-state index is 0.0296. The van der Waals surface area contributed by atoms with Gasteiger partial charge in [-0.1, -0.05) is 12.5 Å². The molecule has 3 heteroatoms. The fraction of sp³-hybridized carbons (Fsp3) is 0.375. The predicted octanol–water partition coefficient (Wildman–Crippen LogP) is 0.368. The quantitative estimate of drug-likeness (QED) is 0.573. The Kier molecular flexibility index (Phi) is 4.01. The number of nitrogens with two attached hydrogens (primary N) is 1. The van der Waals surface area contributed by atoms with Crippen LogP contribution in [0, 0.1) is 12.3 Å². The number of carboxylic acid groups (broad SMARTS) is 1. The van der Waals surface area contributed by atoms with Gasteiger partial charge in [0.25, 0.3) is 0 Å². The van der Waals surface area contributed by atoms with Gasteiger partial charge in [-0.2, -0.15) is 0 Å². The first-order chi connectivity index (χ1) is 5.07. The number of hydrogen-bond acceptors (Lipinski definition) is 2. The summed E-state index contributed by atoms with van der Waals surface area (Å²) in [6.45, 7) is 3.50. The maximum atomic E-state index is 10.1. The number of terminal acetylenes is 1. The van der Waals surface area contributed by atoms with Gasteiger partial charge in [0, 0.05) is 18.0 Å². The Bertz CT molecular complexity index is 203. The Labute approximate surface area is 65.9 Å². The van der Waals surface area contributed by atoms with Crippen molar-refractivity contribution < 1.29 is 9.90 Å². The molecule has 3 N–H and O–H groups in total. The van der Waals surface area contributed by atoms with Gasteiger partial charge in [0.05, 0.1) is 0 Å². The molecule has 60 valence electrons. The Morgan fingerprint density at radius 3 is 2.73 bits per heavy atom. The minimum Gasteiger partial charge on any atom is -0.481 e. The third-order valence-electron chi connectivity index (χ3n) is 1.30. The second-order valence-electron chi connectivity index (χ2n) is 2.21. The lowest BCUT2D eigenvalue weighted by Crippen LogP contribution is -2.22. The molecule has 0 aromatic heterocycles. The molecule has 1 unspecified atom stereocenters. The van der Waals surface area contributed by atoms with E-state index in [0.717, 1.165) is 0 Å². The molecule has 0 saturated carbocycles. The first-order valence-electron chi connectivity index (χ1n) is 3.20. The van der Waals surface area contributed by atoms with E-state index in [1.54, 1.807) is 0 Å². The average Bonchev–Trinajstić information content (AvgIpc) is 1.98. The highest BCUT2D eigenvalue weighted by Crippen LogP contribution is 2.02. The Morgan fingerprint density at radius 1 is 1.82 bits per heavy atom. The standard InChI is InChI=1S/C8H11NO2/c1-3-6(2)7(9)4-5-8(10)11/h1,7H,2,4-5,9H2,(H,10,11). The maximum absolute atomic E-state index is 10.1. The van der Waals surface area contributed by atoms with Crippen LogP contribution in [0.15, 0.2) is 12.2 Å². The summed E-state index contributed by atoms with van der Waals surface area (Å²) in [4.78, 5) is 10.1. The molecule has 11 heavy (non-hydrogen) atoms. The van der Waals surface area contributed by atoms with Crippen molar-refractivity contribution in [2.75, 3.05) is 0 Å². The summed E-state index contributed by atoms with van der Waals surface area (Å²) in [7, 11) is 0. The third-order valence-corrected chi connectivity index (χ3v) is 1.30. The fourth-order valence-electron chi connectivity index (χ4n) is 0.560. The van der Waals surface area contributed by atoms with Gasteiger partial charge in [-0.05, 0) is 6.42 Å². The summed E-state index contributed by atoms with van der Waals surface area (Å²) < 4.78 is 0. The first kappa shape index (κ1) is 9.73. The van der Waals surface area contributed by atoms with Crippen molar-refractivity contribution in [3.63, 3.8) is 0 Å². The number of aliphatic carboxylic acids is 1. The molecule has 0 aromatic rings. The van der Waals surface area contributed by atoms with Crippen molar-refractivity contribution in [3.8, 4) is 12.3 Å². The largest absolute Gasteiger partial charge is 0.481 e.